The number of fused-ring (bicyclic) bond motifs is 1. The SMILES string of the molecule is Cc1ccc(C(=O)c2ccc(Cl)c3ccccc23)cc1N. The maximum atomic E-state index is 12.7. The van der Waals surface area contributed by atoms with Gasteiger partial charge in [-0.25, -0.2) is 0 Å². The van der Waals surface area contributed by atoms with Crippen molar-refractivity contribution in [3.63, 3.8) is 0 Å². The van der Waals surface area contributed by atoms with Crippen LogP contribution in [0.15, 0.2) is 54.6 Å². The Hall–Kier alpha value is -2.32. The summed E-state index contributed by atoms with van der Waals surface area (Å²) in [6.07, 6.45) is 0. The molecule has 0 saturated carbocycles. The summed E-state index contributed by atoms with van der Waals surface area (Å²) in [5, 5.41) is 2.38. The van der Waals surface area contributed by atoms with Crippen LogP contribution < -0.4 is 5.73 Å². The third-order valence-corrected chi connectivity index (χ3v) is 3.99. The van der Waals surface area contributed by atoms with E-state index in [2.05, 4.69) is 0 Å². The van der Waals surface area contributed by atoms with E-state index in [0.717, 1.165) is 16.3 Å². The van der Waals surface area contributed by atoms with E-state index in [0.29, 0.717) is 21.8 Å². The average molecular weight is 296 g/mol. The van der Waals surface area contributed by atoms with E-state index < -0.39 is 0 Å². The maximum absolute atomic E-state index is 12.7. The summed E-state index contributed by atoms with van der Waals surface area (Å²) in [7, 11) is 0. The Morgan fingerprint density at radius 2 is 1.71 bits per heavy atom. The molecule has 0 radical (unpaired) electrons. The first-order valence-corrected chi connectivity index (χ1v) is 7.04. The van der Waals surface area contributed by atoms with Crippen LogP contribution in [0.2, 0.25) is 5.02 Å². The molecule has 104 valence electrons. The number of nitrogen functional groups attached to an aromatic ring is 1. The number of carbonyl (C=O) groups is 1. The predicted molar refractivity (Wildman–Crippen MR) is 88.0 cm³/mol. The number of anilines is 1. The molecule has 0 fully saturated rings. The summed E-state index contributed by atoms with van der Waals surface area (Å²) in [6.45, 7) is 1.92. The molecule has 3 aromatic rings. The predicted octanol–water partition coefficient (Wildman–Crippen LogP) is 4.61. The van der Waals surface area contributed by atoms with Crippen LogP contribution >= 0.6 is 11.6 Å². The summed E-state index contributed by atoms with van der Waals surface area (Å²) in [5.41, 5.74) is 8.72. The van der Waals surface area contributed by atoms with Crippen LogP contribution in [0, 0.1) is 6.92 Å². The van der Waals surface area contributed by atoms with Gasteiger partial charge in [0.1, 0.15) is 0 Å². The Morgan fingerprint density at radius 1 is 1.00 bits per heavy atom. The standard InChI is InChI=1S/C18H14ClNO/c1-11-6-7-12(10-17(11)20)18(21)15-8-9-16(19)14-5-3-2-4-13(14)15/h2-10H,20H2,1H3. The number of ketones is 1. The molecule has 0 atom stereocenters. The third-order valence-electron chi connectivity index (χ3n) is 3.66. The summed E-state index contributed by atoms with van der Waals surface area (Å²) in [4.78, 5) is 12.7. The van der Waals surface area contributed by atoms with Gasteiger partial charge < -0.3 is 5.73 Å². The Bertz CT molecular complexity index is 855. The molecule has 2 nitrogen and oxygen atoms in total. The van der Waals surface area contributed by atoms with Gasteiger partial charge in [-0.1, -0.05) is 48.0 Å². The van der Waals surface area contributed by atoms with Gasteiger partial charge in [-0.05, 0) is 36.1 Å². The summed E-state index contributed by atoms with van der Waals surface area (Å²) in [5.74, 6) is -0.0467. The number of carbonyl (C=O) groups excluding carboxylic acids is 1. The largest absolute Gasteiger partial charge is 0.398 e. The molecular formula is C18H14ClNO. The van der Waals surface area contributed by atoms with E-state index in [1.165, 1.54) is 0 Å². The first-order chi connectivity index (χ1) is 10.1. The number of rotatable bonds is 2. The fraction of sp³-hybridized carbons (Fsp3) is 0.0556. The molecule has 0 saturated heterocycles. The monoisotopic (exact) mass is 295 g/mol. The zero-order chi connectivity index (χ0) is 15.0. The van der Waals surface area contributed by atoms with Gasteiger partial charge in [0.2, 0.25) is 0 Å². The van der Waals surface area contributed by atoms with E-state index in [1.807, 2.05) is 37.3 Å². The van der Waals surface area contributed by atoms with Crippen molar-refractivity contribution in [3.8, 4) is 0 Å². The fourth-order valence-electron chi connectivity index (χ4n) is 2.40. The maximum Gasteiger partial charge on any atom is 0.193 e. The average Bonchev–Trinajstić information content (AvgIpc) is 2.50. The lowest BCUT2D eigenvalue weighted by atomic mass is 9.96. The molecular weight excluding hydrogens is 282 g/mol. The summed E-state index contributed by atoms with van der Waals surface area (Å²) in [6, 6.07) is 16.5. The molecule has 0 aliphatic rings. The third kappa shape index (κ3) is 2.39. The first-order valence-electron chi connectivity index (χ1n) is 6.66. The smallest absolute Gasteiger partial charge is 0.193 e. The number of aryl methyl sites for hydroxylation is 1. The molecule has 0 aliphatic heterocycles. The minimum atomic E-state index is -0.0467. The van der Waals surface area contributed by atoms with Crippen LogP contribution in [0.5, 0.6) is 0 Å². The van der Waals surface area contributed by atoms with Crippen molar-refractivity contribution in [1.82, 2.24) is 0 Å². The molecule has 0 bridgehead atoms. The molecule has 0 heterocycles. The minimum absolute atomic E-state index is 0.0467. The van der Waals surface area contributed by atoms with Crippen LogP contribution in [0.1, 0.15) is 21.5 Å². The number of nitrogens with two attached hydrogens (primary N) is 1. The second kappa shape index (κ2) is 5.23. The van der Waals surface area contributed by atoms with Crippen molar-refractivity contribution < 1.29 is 4.79 Å². The van der Waals surface area contributed by atoms with Crippen LogP contribution in [0.4, 0.5) is 5.69 Å². The van der Waals surface area contributed by atoms with Crippen molar-refractivity contribution in [3.05, 3.63) is 76.3 Å². The van der Waals surface area contributed by atoms with Crippen molar-refractivity contribution >= 4 is 33.8 Å². The lowest BCUT2D eigenvalue weighted by Gasteiger charge is -2.09. The number of benzene rings is 3. The molecule has 0 aromatic heterocycles. The van der Waals surface area contributed by atoms with E-state index in [1.54, 1.807) is 24.3 Å². The van der Waals surface area contributed by atoms with Gasteiger partial charge in [0.15, 0.2) is 5.78 Å². The lowest BCUT2D eigenvalue weighted by molar-refractivity contribution is 0.104. The molecule has 2 N–H and O–H groups in total. The van der Waals surface area contributed by atoms with Crippen molar-refractivity contribution in [2.45, 2.75) is 6.92 Å². The van der Waals surface area contributed by atoms with Gasteiger partial charge in [0.05, 0.1) is 0 Å². The molecule has 0 spiro atoms. The Morgan fingerprint density at radius 3 is 2.43 bits per heavy atom. The summed E-state index contributed by atoms with van der Waals surface area (Å²) < 4.78 is 0. The van der Waals surface area contributed by atoms with Gasteiger partial charge in [0.25, 0.3) is 0 Å². The highest BCUT2D eigenvalue weighted by atomic mass is 35.5. The van der Waals surface area contributed by atoms with E-state index in [4.69, 9.17) is 17.3 Å². The molecule has 0 aliphatic carbocycles. The van der Waals surface area contributed by atoms with Crippen LogP contribution in [0.3, 0.4) is 0 Å². The highest BCUT2D eigenvalue weighted by Gasteiger charge is 2.14. The number of halogens is 1. The minimum Gasteiger partial charge on any atom is -0.398 e. The van der Waals surface area contributed by atoms with Crippen LogP contribution in [-0.4, -0.2) is 5.78 Å². The van der Waals surface area contributed by atoms with Gasteiger partial charge in [-0.2, -0.15) is 0 Å². The topological polar surface area (TPSA) is 43.1 Å². The van der Waals surface area contributed by atoms with Gasteiger partial charge >= 0.3 is 0 Å². The lowest BCUT2D eigenvalue weighted by Crippen LogP contribution is -2.04. The number of hydrogen-bond donors (Lipinski definition) is 1. The second-order valence-corrected chi connectivity index (χ2v) is 5.45. The zero-order valence-corrected chi connectivity index (χ0v) is 12.3. The second-order valence-electron chi connectivity index (χ2n) is 5.04. The van der Waals surface area contributed by atoms with Crippen LogP contribution in [-0.2, 0) is 0 Å². The van der Waals surface area contributed by atoms with Gasteiger partial charge in [-0.3, -0.25) is 4.79 Å². The molecule has 3 rings (SSSR count). The van der Waals surface area contributed by atoms with Crippen molar-refractivity contribution in [2.75, 3.05) is 5.73 Å². The number of hydrogen-bond acceptors (Lipinski definition) is 2. The molecule has 0 unspecified atom stereocenters. The molecule has 21 heavy (non-hydrogen) atoms. The van der Waals surface area contributed by atoms with Crippen LogP contribution in [0.25, 0.3) is 10.8 Å². The Balaban J connectivity index is 2.18. The Labute approximate surface area is 128 Å². The fourth-order valence-corrected chi connectivity index (χ4v) is 2.63. The van der Waals surface area contributed by atoms with Gasteiger partial charge in [0, 0.05) is 27.2 Å². The van der Waals surface area contributed by atoms with E-state index >= 15 is 0 Å². The van der Waals surface area contributed by atoms with Gasteiger partial charge in [-0.15, -0.1) is 0 Å². The highest BCUT2D eigenvalue weighted by molar-refractivity contribution is 6.36. The molecule has 3 heteroatoms. The normalized spacial score (nSPS) is 10.8. The quantitative estimate of drug-likeness (QED) is 0.554. The highest BCUT2D eigenvalue weighted by Crippen LogP contribution is 2.28. The molecule has 3 aromatic carbocycles. The van der Waals surface area contributed by atoms with Crippen molar-refractivity contribution in [1.29, 1.82) is 0 Å². The molecule has 0 amide bonds. The Kier molecular flexibility index (Phi) is 3.40. The zero-order valence-electron chi connectivity index (χ0n) is 11.6. The van der Waals surface area contributed by atoms with E-state index in [9.17, 15) is 4.79 Å². The summed E-state index contributed by atoms with van der Waals surface area (Å²) >= 11 is 6.19. The first kappa shape index (κ1) is 13.7. The van der Waals surface area contributed by atoms with E-state index in [-0.39, 0.29) is 5.78 Å². The van der Waals surface area contributed by atoms with Crippen molar-refractivity contribution in [2.24, 2.45) is 0 Å².